The molecule has 1 unspecified atom stereocenters. The van der Waals surface area contributed by atoms with Crippen molar-refractivity contribution in [1.29, 1.82) is 0 Å². The van der Waals surface area contributed by atoms with Gasteiger partial charge in [-0.3, -0.25) is 0 Å². The SMILES string of the molecule is NCCc1ccnc(C2CSCCO2)n1. The molecule has 15 heavy (non-hydrogen) atoms. The predicted molar refractivity (Wildman–Crippen MR) is 60.8 cm³/mol. The van der Waals surface area contributed by atoms with Gasteiger partial charge in [-0.1, -0.05) is 0 Å². The van der Waals surface area contributed by atoms with Gasteiger partial charge in [-0.2, -0.15) is 11.8 Å². The highest BCUT2D eigenvalue weighted by atomic mass is 32.2. The van der Waals surface area contributed by atoms with Crippen molar-refractivity contribution in [2.24, 2.45) is 5.73 Å². The molecule has 0 spiro atoms. The van der Waals surface area contributed by atoms with Gasteiger partial charge in [0.05, 0.1) is 6.61 Å². The maximum atomic E-state index is 5.62. The van der Waals surface area contributed by atoms with E-state index in [1.54, 1.807) is 6.20 Å². The molecular formula is C10H15N3OS. The van der Waals surface area contributed by atoms with Crippen LogP contribution in [-0.4, -0.2) is 34.6 Å². The molecule has 0 saturated carbocycles. The zero-order chi connectivity index (χ0) is 10.5. The molecule has 0 aromatic carbocycles. The molecule has 0 aliphatic carbocycles. The van der Waals surface area contributed by atoms with Crippen LogP contribution in [0, 0.1) is 0 Å². The molecule has 1 atom stereocenters. The molecule has 1 saturated heterocycles. The second-order valence-electron chi connectivity index (χ2n) is 3.38. The molecule has 5 heteroatoms. The lowest BCUT2D eigenvalue weighted by Crippen LogP contribution is -2.18. The Morgan fingerprint density at radius 3 is 3.27 bits per heavy atom. The standard InChI is InChI=1S/C10H15N3OS/c11-3-1-8-2-4-12-10(13-8)9-7-15-6-5-14-9/h2,4,9H,1,3,5-7,11H2. The normalized spacial score (nSPS) is 21.5. The fourth-order valence-corrected chi connectivity index (χ4v) is 2.33. The Bertz CT molecular complexity index is 315. The average Bonchev–Trinajstić information content (AvgIpc) is 2.31. The molecule has 2 rings (SSSR count). The van der Waals surface area contributed by atoms with Gasteiger partial charge in [-0.15, -0.1) is 0 Å². The predicted octanol–water partition coefficient (Wildman–Crippen LogP) is 0.782. The van der Waals surface area contributed by atoms with Crippen molar-refractivity contribution in [3.05, 3.63) is 23.8 Å². The van der Waals surface area contributed by atoms with Crippen LogP contribution in [0.25, 0.3) is 0 Å². The number of ether oxygens (including phenoxy) is 1. The fourth-order valence-electron chi connectivity index (χ4n) is 1.49. The van der Waals surface area contributed by atoms with E-state index in [9.17, 15) is 0 Å². The van der Waals surface area contributed by atoms with Crippen molar-refractivity contribution in [3.63, 3.8) is 0 Å². The highest BCUT2D eigenvalue weighted by Gasteiger charge is 2.19. The smallest absolute Gasteiger partial charge is 0.158 e. The first-order valence-corrected chi connectivity index (χ1v) is 6.27. The lowest BCUT2D eigenvalue weighted by atomic mass is 10.3. The van der Waals surface area contributed by atoms with E-state index in [1.165, 1.54) is 0 Å². The summed E-state index contributed by atoms with van der Waals surface area (Å²) < 4.78 is 5.62. The van der Waals surface area contributed by atoms with Crippen LogP contribution in [0.2, 0.25) is 0 Å². The van der Waals surface area contributed by atoms with Crippen LogP contribution in [0.5, 0.6) is 0 Å². The monoisotopic (exact) mass is 225 g/mol. The third-order valence-electron chi connectivity index (χ3n) is 2.24. The first-order chi connectivity index (χ1) is 7.40. The van der Waals surface area contributed by atoms with Crippen LogP contribution in [0.15, 0.2) is 12.3 Å². The minimum Gasteiger partial charge on any atom is -0.368 e. The van der Waals surface area contributed by atoms with E-state index in [2.05, 4.69) is 9.97 Å². The first kappa shape index (κ1) is 10.9. The van der Waals surface area contributed by atoms with Gasteiger partial charge < -0.3 is 10.5 Å². The summed E-state index contributed by atoms with van der Waals surface area (Å²) in [5.41, 5.74) is 6.49. The van der Waals surface area contributed by atoms with Crippen molar-refractivity contribution in [2.75, 3.05) is 24.7 Å². The minimum atomic E-state index is 0.0569. The number of thioether (sulfide) groups is 1. The zero-order valence-corrected chi connectivity index (χ0v) is 9.37. The maximum Gasteiger partial charge on any atom is 0.158 e. The summed E-state index contributed by atoms with van der Waals surface area (Å²) in [6.07, 6.45) is 2.65. The largest absolute Gasteiger partial charge is 0.368 e. The van der Waals surface area contributed by atoms with E-state index in [4.69, 9.17) is 10.5 Å². The molecule has 2 heterocycles. The Morgan fingerprint density at radius 2 is 2.53 bits per heavy atom. The summed E-state index contributed by atoms with van der Waals surface area (Å²) in [7, 11) is 0. The number of nitrogens with two attached hydrogens (primary N) is 1. The third kappa shape index (κ3) is 2.90. The number of aromatic nitrogens is 2. The summed E-state index contributed by atoms with van der Waals surface area (Å²) in [4.78, 5) is 8.71. The van der Waals surface area contributed by atoms with Gasteiger partial charge in [0.2, 0.25) is 0 Å². The van der Waals surface area contributed by atoms with Crippen LogP contribution >= 0.6 is 11.8 Å². The Morgan fingerprint density at radius 1 is 1.60 bits per heavy atom. The molecule has 0 bridgehead atoms. The fraction of sp³-hybridized carbons (Fsp3) is 0.600. The molecule has 1 aromatic heterocycles. The summed E-state index contributed by atoms with van der Waals surface area (Å²) in [5, 5.41) is 0. The van der Waals surface area contributed by atoms with E-state index in [1.807, 2.05) is 17.8 Å². The molecule has 1 aromatic rings. The third-order valence-corrected chi connectivity index (χ3v) is 3.23. The molecule has 0 amide bonds. The molecule has 1 fully saturated rings. The zero-order valence-electron chi connectivity index (χ0n) is 8.56. The number of rotatable bonds is 3. The molecule has 2 N–H and O–H groups in total. The number of nitrogens with zero attached hydrogens (tertiary/aromatic N) is 2. The second-order valence-corrected chi connectivity index (χ2v) is 4.53. The van der Waals surface area contributed by atoms with Gasteiger partial charge in [0, 0.05) is 29.8 Å². The maximum absolute atomic E-state index is 5.62. The summed E-state index contributed by atoms with van der Waals surface area (Å²) >= 11 is 1.89. The number of hydrogen-bond donors (Lipinski definition) is 1. The van der Waals surface area contributed by atoms with Gasteiger partial charge in [0.15, 0.2) is 5.82 Å². The van der Waals surface area contributed by atoms with Crippen molar-refractivity contribution >= 4 is 11.8 Å². The van der Waals surface area contributed by atoms with E-state index < -0.39 is 0 Å². The Labute approximate surface area is 93.6 Å². The molecular weight excluding hydrogens is 210 g/mol. The summed E-state index contributed by atoms with van der Waals surface area (Å²) in [5.74, 6) is 2.82. The number of hydrogen-bond acceptors (Lipinski definition) is 5. The van der Waals surface area contributed by atoms with Crippen LogP contribution < -0.4 is 5.73 Å². The van der Waals surface area contributed by atoms with Crippen molar-refractivity contribution in [1.82, 2.24) is 9.97 Å². The lowest BCUT2D eigenvalue weighted by Gasteiger charge is -2.21. The van der Waals surface area contributed by atoms with Crippen LogP contribution in [0.3, 0.4) is 0 Å². The molecule has 82 valence electrons. The molecule has 4 nitrogen and oxygen atoms in total. The van der Waals surface area contributed by atoms with Crippen LogP contribution in [-0.2, 0) is 11.2 Å². The molecule has 1 aliphatic rings. The Hall–Kier alpha value is -0.650. The first-order valence-electron chi connectivity index (χ1n) is 5.11. The van der Waals surface area contributed by atoms with Crippen LogP contribution in [0.4, 0.5) is 0 Å². The highest BCUT2D eigenvalue weighted by molar-refractivity contribution is 7.99. The van der Waals surface area contributed by atoms with Gasteiger partial charge in [0.1, 0.15) is 6.10 Å². The Kier molecular flexibility index (Phi) is 3.94. The van der Waals surface area contributed by atoms with Crippen LogP contribution in [0.1, 0.15) is 17.6 Å². The quantitative estimate of drug-likeness (QED) is 0.823. The van der Waals surface area contributed by atoms with Gasteiger partial charge in [-0.05, 0) is 12.6 Å². The molecule has 0 radical (unpaired) electrons. The second kappa shape index (κ2) is 5.44. The topological polar surface area (TPSA) is 61.0 Å². The van der Waals surface area contributed by atoms with Crippen molar-refractivity contribution < 1.29 is 4.74 Å². The summed E-state index contributed by atoms with van der Waals surface area (Å²) in [6, 6.07) is 1.91. The van der Waals surface area contributed by atoms with Crippen molar-refractivity contribution in [3.8, 4) is 0 Å². The highest BCUT2D eigenvalue weighted by Crippen LogP contribution is 2.23. The lowest BCUT2D eigenvalue weighted by molar-refractivity contribution is 0.0692. The van der Waals surface area contributed by atoms with E-state index >= 15 is 0 Å². The minimum absolute atomic E-state index is 0.0569. The molecule has 1 aliphatic heterocycles. The van der Waals surface area contributed by atoms with E-state index in [0.29, 0.717) is 6.54 Å². The van der Waals surface area contributed by atoms with Crippen molar-refractivity contribution in [2.45, 2.75) is 12.5 Å². The van der Waals surface area contributed by atoms with E-state index in [-0.39, 0.29) is 6.10 Å². The van der Waals surface area contributed by atoms with Gasteiger partial charge >= 0.3 is 0 Å². The van der Waals surface area contributed by atoms with E-state index in [0.717, 1.165) is 36.1 Å². The van der Waals surface area contributed by atoms with Gasteiger partial charge in [-0.25, -0.2) is 9.97 Å². The Balaban J connectivity index is 2.09. The average molecular weight is 225 g/mol. The van der Waals surface area contributed by atoms with Gasteiger partial charge in [0.25, 0.3) is 0 Å². The summed E-state index contributed by atoms with van der Waals surface area (Å²) in [6.45, 7) is 1.41.